The van der Waals surface area contributed by atoms with E-state index in [1.165, 1.54) is 30.6 Å². The Morgan fingerprint density at radius 2 is 1.80 bits per heavy atom. The standard InChI is InChI=1S/C31H28F3N7O3S/c1-44-26-8-6-21(17-24(26)34)39-30-36-10-9-25(40-30)28-27(41-31(45-28)37-12-11-35-13-14-42)18-3-2-4-20(15-18)38-29(43)22-16-19(32)5-7-23(22)33/h2-10,15-17,35,42H,11-14H2,1H3,(H,37,41)(H,38,43)(H,36,39,40). The molecule has 0 aliphatic rings. The molecule has 5 rings (SSSR count). The van der Waals surface area contributed by atoms with E-state index in [9.17, 15) is 18.0 Å². The molecule has 5 N–H and O–H groups in total. The summed E-state index contributed by atoms with van der Waals surface area (Å²) in [4.78, 5) is 27.1. The lowest BCUT2D eigenvalue weighted by Gasteiger charge is -2.10. The normalized spacial score (nSPS) is 10.9. The lowest BCUT2D eigenvalue weighted by molar-refractivity contribution is 0.102. The molecule has 0 spiro atoms. The molecule has 3 aromatic carbocycles. The number of anilines is 4. The van der Waals surface area contributed by atoms with Gasteiger partial charge in [-0.3, -0.25) is 4.79 Å². The van der Waals surface area contributed by atoms with Crippen molar-refractivity contribution in [1.29, 1.82) is 0 Å². The number of hydrogen-bond acceptors (Lipinski definition) is 10. The van der Waals surface area contributed by atoms with Gasteiger partial charge in [0, 0.05) is 48.8 Å². The van der Waals surface area contributed by atoms with Gasteiger partial charge >= 0.3 is 0 Å². The van der Waals surface area contributed by atoms with Crippen molar-refractivity contribution < 1.29 is 27.8 Å². The second-order valence-corrected chi connectivity index (χ2v) is 10.5. The summed E-state index contributed by atoms with van der Waals surface area (Å²) in [6, 6.07) is 15.6. The fourth-order valence-electron chi connectivity index (χ4n) is 4.26. The molecule has 0 aliphatic carbocycles. The largest absolute Gasteiger partial charge is 0.494 e. The number of aliphatic hydroxyl groups is 1. The Labute approximate surface area is 260 Å². The lowest BCUT2D eigenvalue weighted by atomic mass is 10.1. The number of aromatic nitrogens is 3. The number of ether oxygens (including phenoxy) is 1. The first-order valence-electron chi connectivity index (χ1n) is 13.7. The molecular weight excluding hydrogens is 607 g/mol. The Hall–Kier alpha value is -5.05. The highest BCUT2D eigenvalue weighted by Crippen LogP contribution is 2.39. The van der Waals surface area contributed by atoms with Crippen LogP contribution in [0.3, 0.4) is 0 Å². The summed E-state index contributed by atoms with van der Waals surface area (Å²) in [7, 11) is 1.38. The summed E-state index contributed by atoms with van der Waals surface area (Å²) >= 11 is 1.34. The number of halogens is 3. The third-order valence-electron chi connectivity index (χ3n) is 6.36. The average Bonchev–Trinajstić information content (AvgIpc) is 3.47. The molecule has 5 aromatic rings. The Morgan fingerprint density at radius 3 is 2.60 bits per heavy atom. The molecule has 14 heteroatoms. The summed E-state index contributed by atoms with van der Waals surface area (Å²) in [5.74, 6) is -2.60. The van der Waals surface area contributed by atoms with Gasteiger partial charge < -0.3 is 31.1 Å². The second-order valence-electron chi connectivity index (χ2n) is 9.50. The van der Waals surface area contributed by atoms with E-state index in [-0.39, 0.29) is 18.3 Å². The van der Waals surface area contributed by atoms with Crippen LogP contribution in [-0.4, -0.2) is 59.3 Å². The number of thiazole rings is 1. The van der Waals surface area contributed by atoms with Gasteiger partial charge in [-0.2, -0.15) is 0 Å². The van der Waals surface area contributed by atoms with Crippen LogP contribution in [0.4, 0.5) is 35.6 Å². The Morgan fingerprint density at radius 1 is 0.933 bits per heavy atom. The number of benzene rings is 3. The second kappa shape index (κ2) is 14.6. The van der Waals surface area contributed by atoms with Gasteiger partial charge in [-0.15, -0.1) is 0 Å². The van der Waals surface area contributed by atoms with E-state index >= 15 is 0 Å². The van der Waals surface area contributed by atoms with Crippen molar-refractivity contribution in [3.63, 3.8) is 0 Å². The van der Waals surface area contributed by atoms with Crippen LogP contribution in [-0.2, 0) is 0 Å². The average molecular weight is 636 g/mol. The lowest BCUT2D eigenvalue weighted by Crippen LogP contribution is -2.24. The van der Waals surface area contributed by atoms with Crippen LogP contribution in [0, 0.1) is 17.5 Å². The van der Waals surface area contributed by atoms with Crippen molar-refractivity contribution in [3.05, 3.63) is 95.9 Å². The number of amides is 1. The van der Waals surface area contributed by atoms with E-state index in [1.54, 1.807) is 42.6 Å². The minimum atomic E-state index is -0.846. The molecule has 0 saturated heterocycles. The third-order valence-corrected chi connectivity index (χ3v) is 7.39. The molecule has 2 heterocycles. The summed E-state index contributed by atoms with van der Waals surface area (Å²) in [5, 5.41) is 21.6. The summed E-state index contributed by atoms with van der Waals surface area (Å²) in [6.45, 7) is 1.60. The number of carbonyl (C=O) groups excluding carboxylic acids is 1. The van der Waals surface area contributed by atoms with Crippen molar-refractivity contribution in [2.75, 3.05) is 49.3 Å². The van der Waals surface area contributed by atoms with Crippen LogP contribution in [0.2, 0.25) is 0 Å². The van der Waals surface area contributed by atoms with Crippen LogP contribution in [0.1, 0.15) is 10.4 Å². The van der Waals surface area contributed by atoms with Crippen LogP contribution in [0.25, 0.3) is 21.8 Å². The number of nitrogens with zero attached hydrogens (tertiary/aromatic N) is 3. The third kappa shape index (κ3) is 7.92. The van der Waals surface area contributed by atoms with Crippen LogP contribution in [0.15, 0.2) is 72.9 Å². The maximum absolute atomic E-state index is 14.3. The number of methoxy groups -OCH3 is 1. The predicted octanol–water partition coefficient (Wildman–Crippen LogP) is 5.68. The van der Waals surface area contributed by atoms with Gasteiger partial charge in [0.25, 0.3) is 5.91 Å². The highest BCUT2D eigenvalue weighted by molar-refractivity contribution is 7.19. The van der Waals surface area contributed by atoms with Crippen LogP contribution >= 0.6 is 11.3 Å². The number of carbonyl (C=O) groups is 1. The van der Waals surface area contributed by atoms with E-state index in [0.29, 0.717) is 58.0 Å². The Kier molecular flexibility index (Phi) is 10.2. The number of aliphatic hydroxyl groups excluding tert-OH is 1. The monoisotopic (exact) mass is 635 g/mol. The predicted molar refractivity (Wildman–Crippen MR) is 168 cm³/mol. The molecule has 232 valence electrons. The first-order chi connectivity index (χ1) is 21.8. The summed E-state index contributed by atoms with van der Waals surface area (Å²) in [6.07, 6.45) is 1.56. The van der Waals surface area contributed by atoms with Crippen molar-refractivity contribution in [1.82, 2.24) is 20.3 Å². The molecule has 0 aliphatic heterocycles. The van der Waals surface area contributed by atoms with E-state index in [1.807, 2.05) is 0 Å². The van der Waals surface area contributed by atoms with Crippen molar-refractivity contribution >= 4 is 39.7 Å². The van der Waals surface area contributed by atoms with Crippen molar-refractivity contribution in [3.8, 4) is 27.6 Å². The summed E-state index contributed by atoms with van der Waals surface area (Å²) < 4.78 is 47.1. The van der Waals surface area contributed by atoms with E-state index < -0.39 is 28.9 Å². The maximum atomic E-state index is 14.3. The van der Waals surface area contributed by atoms with Crippen molar-refractivity contribution in [2.24, 2.45) is 0 Å². The zero-order chi connectivity index (χ0) is 31.8. The van der Waals surface area contributed by atoms with Gasteiger partial charge in [0.2, 0.25) is 5.95 Å². The minimum Gasteiger partial charge on any atom is -0.494 e. The van der Waals surface area contributed by atoms with Crippen LogP contribution in [0.5, 0.6) is 5.75 Å². The fourth-order valence-corrected chi connectivity index (χ4v) is 5.24. The molecular formula is C31H28F3N7O3S. The first-order valence-corrected chi connectivity index (χ1v) is 14.5. The molecule has 0 fully saturated rings. The van der Waals surface area contributed by atoms with E-state index in [4.69, 9.17) is 14.8 Å². The quantitative estimate of drug-likeness (QED) is 0.104. The molecule has 0 saturated carbocycles. The highest BCUT2D eigenvalue weighted by Gasteiger charge is 2.19. The molecule has 10 nitrogen and oxygen atoms in total. The Balaban J connectivity index is 1.45. The molecule has 0 atom stereocenters. The van der Waals surface area contributed by atoms with Gasteiger partial charge in [0.15, 0.2) is 16.7 Å². The molecule has 0 unspecified atom stereocenters. The molecule has 45 heavy (non-hydrogen) atoms. The van der Waals surface area contributed by atoms with E-state index in [2.05, 4.69) is 31.2 Å². The first kappa shape index (κ1) is 31.4. The van der Waals surface area contributed by atoms with Crippen LogP contribution < -0.4 is 26.0 Å². The van der Waals surface area contributed by atoms with Crippen molar-refractivity contribution in [2.45, 2.75) is 0 Å². The van der Waals surface area contributed by atoms with Gasteiger partial charge in [0.05, 0.1) is 35.5 Å². The molecule has 0 radical (unpaired) electrons. The minimum absolute atomic E-state index is 0.0253. The maximum Gasteiger partial charge on any atom is 0.258 e. The number of hydrogen-bond donors (Lipinski definition) is 5. The Bertz CT molecular complexity index is 1800. The SMILES string of the molecule is COc1ccc(Nc2nccc(-c3sc(NCCNCCO)nc3-c3cccc(NC(=O)c4cc(F)ccc4F)c3)n2)cc1F. The number of nitrogens with one attached hydrogen (secondary N) is 4. The zero-order valence-electron chi connectivity index (χ0n) is 23.9. The molecule has 0 bridgehead atoms. The molecule has 2 aromatic heterocycles. The fraction of sp³-hybridized carbons (Fsp3) is 0.161. The van der Waals surface area contributed by atoms with Gasteiger partial charge in [0.1, 0.15) is 11.6 Å². The smallest absolute Gasteiger partial charge is 0.258 e. The van der Waals surface area contributed by atoms with E-state index in [0.717, 1.165) is 18.2 Å². The van der Waals surface area contributed by atoms with Gasteiger partial charge in [-0.1, -0.05) is 23.5 Å². The van der Waals surface area contributed by atoms with Gasteiger partial charge in [-0.25, -0.2) is 28.1 Å². The zero-order valence-corrected chi connectivity index (χ0v) is 24.7. The molecule has 1 amide bonds. The van der Waals surface area contributed by atoms with Gasteiger partial charge in [-0.05, 0) is 48.5 Å². The highest BCUT2D eigenvalue weighted by atomic mass is 32.1. The number of rotatable bonds is 13. The topological polar surface area (TPSA) is 133 Å². The summed E-state index contributed by atoms with van der Waals surface area (Å²) in [5.41, 5.74) is 2.03.